The van der Waals surface area contributed by atoms with E-state index in [4.69, 9.17) is 10.5 Å². The second-order valence-corrected chi connectivity index (χ2v) is 6.95. The van der Waals surface area contributed by atoms with Crippen LogP contribution in [0, 0.1) is 52.2 Å². The highest BCUT2D eigenvalue weighted by Crippen LogP contribution is 2.52. The predicted molar refractivity (Wildman–Crippen MR) is 100.0 cm³/mol. The van der Waals surface area contributed by atoms with Crippen LogP contribution in [0.15, 0.2) is 47.2 Å². The molecule has 7 nitrogen and oxygen atoms in total. The lowest BCUT2D eigenvalue weighted by Gasteiger charge is -2.44. The molecular weight excluding hydrogens is 354 g/mol. The number of hydrogen-bond acceptors (Lipinski definition) is 6. The molecule has 1 heterocycles. The predicted octanol–water partition coefficient (Wildman–Crippen LogP) is 2.49. The third kappa shape index (κ3) is 2.68. The number of nitrogens with two attached hydrogens (primary N) is 1. The van der Waals surface area contributed by atoms with Crippen LogP contribution in [-0.2, 0) is 4.74 Å². The molecule has 3 rings (SSSR count). The van der Waals surface area contributed by atoms with Crippen LogP contribution in [0.2, 0.25) is 0 Å². The summed E-state index contributed by atoms with van der Waals surface area (Å²) in [6, 6.07) is 13.8. The average Bonchev–Trinajstić information content (AvgIpc) is 2.72. The largest absolute Gasteiger partial charge is 0.453 e. The maximum Gasteiger partial charge on any atom is 0.409 e. The molecule has 0 bridgehead atoms. The number of carbonyl (C=O) groups excluding carboxylic acids is 1. The van der Waals surface area contributed by atoms with E-state index < -0.39 is 23.3 Å². The van der Waals surface area contributed by atoms with Gasteiger partial charge < -0.3 is 15.4 Å². The minimum Gasteiger partial charge on any atom is -0.453 e. The fraction of sp³-hybridized carbons (Fsp3) is 0.333. The van der Waals surface area contributed by atoms with E-state index in [1.807, 2.05) is 43.3 Å². The maximum absolute atomic E-state index is 12.1. The molecule has 0 radical (unpaired) electrons. The highest BCUT2D eigenvalue weighted by Gasteiger charge is 2.53. The molecule has 0 unspecified atom stereocenters. The number of carbonyl (C=O) groups is 1. The van der Waals surface area contributed by atoms with Crippen molar-refractivity contribution in [1.82, 2.24) is 4.90 Å². The summed E-state index contributed by atoms with van der Waals surface area (Å²) < 4.78 is 4.83. The van der Waals surface area contributed by atoms with Gasteiger partial charge in [0.15, 0.2) is 0 Å². The molecule has 0 saturated carbocycles. The van der Waals surface area contributed by atoms with Gasteiger partial charge in [-0.25, -0.2) is 4.79 Å². The summed E-state index contributed by atoms with van der Waals surface area (Å²) in [5.74, 6) is -0.894. The number of nitriles is 3. The molecule has 1 aromatic carbocycles. The number of rotatable bonds is 1. The second-order valence-electron chi connectivity index (χ2n) is 6.95. The van der Waals surface area contributed by atoms with Gasteiger partial charge in [-0.15, -0.1) is 0 Å². The zero-order valence-electron chi connectivity index (χ0n) is 15.6. The fourth-order valence-electron chi connectivity index (χ4n) is 4.16. The Morgan fingerprint density at radius 3 is 2.61 bits per heavy atom. The lowest BCUT2D eigenvalue weighted by Crippen LogP contribution is -2.48. The van der Waals surface area contributed by atoms with E-state index in [0.717, 1.165) is 11.1 Å². The highest BCUT2D eigenvalue weighted by atomic mass is 16.5. The summed E-state index contributed by atoms with van der Waals surface area (Å²) in [7, 11) is 1.30. The third-order valence-electron chi connectivity index (χ3n) is 5.48. The standard InChI is InChI=1S/C21H19N5O2/c1-13-4-3-5-14(8-13)18-15(9-22)19(25)21(11-23,12-24)17-6-7-26(10-16(17)18)20(27)28-2/h3-6,8,16,18H,7,10,25H2,1-2H3/t16-,18+/m1/s1. The fourth-order valence-corrected chi connectivity index (χ4v) is 4.16. The zero-order chi connectivity index (χ0) is 20.5. The maximum atomic E-state index is 12.1. The van der Waals surface area contributed by atoms with Gasteiger partial charge in [-0.3, -0.25) is 0 Å². The monoisotopic (exact) mass is 373 g/mol. The highest BCUT2D eigenvalue weighted by molar-refractivity contribution is 5.69. The van der Waals surface area contributed by atoms with Crippen molar-refractivity contribution < 1.29 is 9.53 Å². The van der Waals surface area contributed by atoms with E-state index >= 15 is 0 Å². The molecule has 2 atom stereocenters. The van der Waals surface area contributed by atoms with Gasteiger partial charge >= 0.3 is 6.09 Å². The Bertz CT molecular complexity index is 1000. The van der Waals surface area contributed by atoms with E-state index in [-0.39, 0.29) is 24.4 Å². The first-order valence-corrected chi connectivity index (χ1v) is 8.76. The second kappa shape index (κ2) is 7.10. The van der Waals surface area contributed by atoms with E-state index in [2.05, 4.69) is 6.07 Å². The van der Waals surface area contributed by atoms with Crippen LogP contribution in [0.3, 0.4) is 0 Å². The normalized spacial score (nSPS) is 22.8. The molecule has 1 amide bonds. The quantitative estimate of drug-likeness (QED) is 0.753. The van der Waals surface area contributed by atoms with Crippen molar-refractivity contribution >= 4 is 6.09 Å². The van der Waals surface area contributed by atoms with Gasteiger partial charge in [0, 0.05) is 24.9 Å². The number of benzene rings is 1. The van der Waals surface area contributed by atoms with Crippen LogP contribution in [0.1, 0.15) is 17.0 Å². The summed E-state index contributed by atoms with van der Waals surface area (Å²) in [6.07, 6.45) is 1.19. The van der Waals surface area contributed by atoms with Crippen molar-refractivity contribution in [2.75, 3.05) is 20.2 Å². The van der Waals surface area contributed by atoms with E-state index in [0.29, 0.717) is 5.57 Å². The molecule has 7 heteroatoms. The Morgan fingerprint density at radius 2 is 2.04 bits per heavy atom. The van der Waals surface area contributed by atoms with Gasteiger partial charge in [-0.1, -0.05) is 35.9 Å². The lowest BCUT2D eigenvalue weighted by molar-refractivity contribution is 0.117. The van der Waals surface area contributed by atoms with Gasteiger partial charge in [0.2, 0.25) is 5.41 Å². The number of nitrogens with zero attached hydrogens (tertiary/aromatic N) is 4. The molecule has 2 aliphatic rings. The number of allylic oxidation sites excluding steroid dienone is 2. The van der Waals surface area contributed by atoms with Crippen molar-refractivity contribution in [2.24, 2.45) is 17.1 Å². The molecule has 0 saturated heterocycles. The summed E-state index contributed by atoms with van der Waals surface area (Å²) in [4.78, 5) is 13.6. The molecule has 1 aliphatic carbocycles. The summed E-state index contributed by atoms with van der Waals surface area (Å²) in [5.41, 5.74) is 7.12. The smallest absolute Gasteiger partial charge is 0.409 e. The number of fused-ring (bicyclic) bond motifs is 1. The number of amides is 1. The van der Waals surface area contributed by atoms with E-state index in [1.54, 1.807) is 6.08 Å². The molecule has 2 N–H and O–H groups in total. The summed E-state index contributed by atoms with van der Waals surface area (Å²) in [6.45, 7) is 2.37. The van der Waals surface area contributed by atoms with Crippen LogP contribution < -0.4 is 5.73 Å². The van der Waals surface area contributed by atoms with Crippen LogP contribution in [0.4, 0.5) is 4.79 Å². The molecule has 28 heavy (non-hydrogen) atoms. The topological polar surface area (TPSA) is 127 Å². The number of ether oxygens (including phenoxy) is 1. The van der Waals surface area contributed by atoms with E-state index in [9.17, 15) is 20.6 Å². The Balaban J connectivity index is 2.28. The number of hydrogen-bond donors (Lipinski definition) is 1. The summed E-state index contributed by atoms with van der Waals surface area (Å²) in [5, 5.41) is 29.6. The van der Waals surface area contributed by atoms with Crippen LogP contribution in [-0.4, -0.2) is 31.2 Å². The van der Waals surface area contributed by atoms with Crippen molar-refractivity contribution in [2.45, 2.75) is 12.8 Å². The molecular formula is C21H19N5O2. The molecule has 0 spiro atoms. The van der Waals surface area contributed by atoms with Crippen LogP contribution in [0.5, 0.6) is 0 Å². The minimum absolute atomic E-state index is 0.0273. The van der Waals surface area contributed by atoms with E-state index in [1.165, 1.54) is 12.0 Å². The zero-order valence-corrected chi connectivity index (χ0v) is 15.6. The van der Waals surface area contributed by atoms with Crippen molar-refractivity contribution in [3.63, 3.8) is 0 Å². The number of aryl methyl sites for hydroxylation is 1. The Labute approximate surface area is 163 Å². The molecule has 1 aliphatic heterocycles. The molecule has 0 aromatic heterocycles. The molecule has 0 fully saturated rings. The first-order valence-electron chi connectivity index (χ1n) is 8.76. The van der Waals surface area contributed by atoms with Gasteiger partial charge in [-0.2, -0.15) is 15.8 Å². The van der Waals surface area contributed by atoms with Crippen LogP contribution in [0.25, 0.3) is 0 Å². The lowest BCUT2D eigenvalue weighted by atomic mass is 9.60. The Hall–Kier alpha value is -3.76. The summed E-state index contributed by atoms with van der Waals surface area (Å²) >= 11 is 0. The van der Waals surface area contributed by atoms with Gasteiger partial charge in [0.25, 0.3) is 0 Å². The van der Waals surface area contributed by atoms with Gasteiger partial charge in [0.1, 0.15) is 0 Å². The first kappa shape index (κ1) is 19.0. The van der Waals surface area contributed by atoms with Crippen molar-refractivity contribution in [1.29, 1.82) is 15.8 Å². The average molecular weight is 373 g/mol. The molecule has 1 aromatic rings. The van der Waals surface area contributed by atoms with Crippen molar-refractivity contribution in [3.05, 3.63) is 58.3 Å². The third-order valence-corrected chi connectivity index (χ3v) is 5.48. The molecule has 140 valence electrons. The Morgan fingerprint density at radius 1 is 1.32 bits per heavy atom. The van der Waals surface area contributed by atoms with Crippen molar-refractivity contribution in [3.8, 4) is 18.2 Å². The Kier molecular flexibility index (Phi) is 4.82. The van der Waals surface area contributed by atoms with Gasteiger partial charge in [-0.05, 0) is 18.1 Å². The SMILES string of the molecule is COC(=O)N1CC=C2[C@@H](C1)[C@@H](c1cccc(C)c1)C(C#N)=C(N)C2(C#N)C#N. The first-order chi connectivity index (χ1) is 13.4. The van der Waals surface area contributed by atoms with Gasteiger partial charge in [0.05, 0.1) is 36.6 Å². The van der Waals surface area contributed by atoms with Crippen LogP contribution >= 0.6 is 0 Å². The number of methoxy groups -OCH3 is 1. The minimum atomic E-state index is -1.71.